The van der Waals surface area contributed by atoms with Crippen LogP contribution < -0.4 is 0 Å². The lowest BCUT2D eigenvalue weighted by Crippen LogP contribution is -2.59. The van der Waals surface area contributed by atoms with Crippen LogP contribution in [0.15, 0.2) is 0 Å². The standard InChI is InChI=1S/C11H24N.C10H22N.C9H20N.3CH4.3CH3/c1-11(2,3)12(4)9-7-5-6-8-10-12;1-10(2,3)11(4)8-6-5-7-9-11;1-9(2,3)10(4)7-5-6-8-10;;;;;;/h5-10H2,1-4H3;5-9H2,1-4H3;5-8H2,1-4H3;3*1H4;3*1H3/q3*+1;;;;3*-1. The van der Waals surface area contributed by atoms with Crippen LogP contribution in [0.2, 0.25) is 0 Å². The summed E-state index contributed by atoms with van der Waals surface area (Å²) in [5.41, 5.74) is 1.33. The van der Waals surface area contributed by atoms with E-state index in [1.807, 2.05) is 0 Å². The fourth-order valence-electron chi connectivity index (χ4n) is 5.64. The molecule has 3 heteroatoms. The molecule has 0 spiro atoms. The molecule has 3 heterocycles. The average Bonchev–Trinajstić information content (AvgIpc) is 3.00. The molecule has 3 aliphatic heterocycles. The van der Waals surface area contributed by atoms with Gasteiger partial charge in [-0.2, -0.15) is 0 Å². The highest BCUT2D eigenvalue weighted by atomic mass is 15.4. The molecule has 0 atom stereocenters. The summed E-state index contributed by atoms with van der Waals surface area (Å²) in [6, 6.07) is 0. The van der Waals surface area contributed by atoms with Crippen LogP contribution in [0.25, 0.3) is 0 Å². The van der Waals surface area contributed by atoms with Gasteiger partial charge in [0.2, 0.25) is 0 Å². The van der Waals surface area contributed by atoms with Gasteiger partial charge in [0, 0.05) is 12.8 Å². The maximum Gasteiger partial charge on any atom is 0.0905 e. The van der Waals surface area contributed by atoms with E-state index in [-0.39, 0.29) is 44.6 Å². The van der Waals surface area contributed by atoms with Crippen LogP contribution in [0.3, 0.4) is 0 Å². The minimum absolute atomic E-state index is 0. The van der Waals surface area contributed by atoms with Gasteiger partial charge in [-0.05, 0) is 107 Å². The van der Waals surface area contributed by atoms with Gasteiger partial charge in [-0.25, -0.2) is 0 Å². The van der Waals surface area contributed by atoms with E-state index in [4.69, 9.17) is 0 Å². The van der Waals surface area contributed by atoms with Crippen molar-refractivity contribution in [3.8, 4) is 0 Å². The van der Waals surface area contributed by atoms with Crippen molar-refractivity contribution in [2.24, 2.45) is 0 Å². The molecule has 3 fully saturated rings. The Bertz CT molecular complexity index is 539. The highest BCUT2D eigenvalue weighted by Crippen LogP contribution is 2.29. The number of hydrogen-bond donors (Lipinski definition) is 0. The molecular formula is C36H87N3. The largest absolute Gasteiger partial charge is 0.358 e. The third-order valence-electron chi connectivity index (χ3n) is 10.3. The molecule has 246 valence electrons. The first-order valence-electron chi connectivity index (χ1n) is 14.4. The number of nitrogens with zero attached hydrogens (tertiary/aromatic N) is 3. The summed E-state index contributed by atoms with van der Waals surface area (Å²) in [5.74, 6) is 0. The average molecular weight is 562 g/mol. The van der Waals surface area contributed by atoms with Crippen molar-refractivity contribution in [1.82, 2.24) is 0 Å². The summed E-state index contributed by atoms with van der Waals surface area (Å²) in [7, 11) is 7.21. The van der Waals surface area contributed by atoms with Gasteiger partial charge >= 0.3 is 0 Å². The van der Waals surface area contributed by atoms with Gasteiger partial charge < -0.3 is 35.7 Å². The maximum atomic E-state index is 2.42. The molecule has 3 nitrogen and oxygen atoms in total. The highest BCUT2D eigenvalue weighted by Gasteiger charge is 2.39. The van der Waals surface area contributed by atoms with E-state index in [0.29, 0.717) is 16.6 Å². The minimum atomic E-state index is 0. The lowest BCUT2D eigenvalue weighted by Gasteiger charge is -2.48. The van der Waals surface area contributed by atoms with Crippen LogP contribution in [0.4, 0.5) is 0 Å². The zero-order valence-electron chi connectivity index (χ0n) is 28.4. The smallest absolute Gasteiger partial charge is 0.0905 e. The first-order chi connectivity index (χ1) is 14.9. The van der Waals surface area contributed by atoms with Crippen molar-refractivity contribution < 1.29 is 13.4 Å². The minimum Gasteiger partial charge on any atom is -0.358 e. The van der Waals surface area contributed by atoms with Crippen molar-refractivity contribution >= 4 is 0 Å². The first kappa shape index (κ1) is 51.6. The third kappa shape index (κ3) is 15.1. The number of hydrogen-bond acceptors (Lipinski definition) is 0. The Balaban J connectivity index is -0.0000000975. The highest BCUT2D eigenvalue weighted by molar-refractivity contribution is 4.67. The van der Waals surface area contributed by atoms with Crippen molar-refractivity contribution in [2.45, 2.75) is 159 Å². The molecule has 0 unspecified atom stereocenters. The molecule has 0 aromatic rings. The van der Waals surface area contributed by atoms with Crippen LogP contribution in [0.1, 0.15) is 142 Å². The third-order valence-corrected chi connectivity index (χ3v) is 10.3. The molecule has 3 aliphatic rings. The monoisotopic (exact) mass is 562 g/mol. The van der Waals surface area contributed by atoms with Crippen LogP contribution in [-0.2, 0) is 0 Å². The maximum absolute atomic E-state index is 2.42. The topological polar surface area (TPSA) is 0 Å². The second kappa shape index (κ2) is 19.9. The molecule has 0 amide bonds. The summed E-state index contributed by atoms with van der Waals surface area (Å²) in [6.45, 7) is 29.5. The van der Waals surface area contributed by atoms with E-state index >= 15 is 0 Å². The number of rotatable bonds is 0. The van der Waals surface area contributed by atoms with Gasteiger partial charge in [-0.15, -0.1) is 0 Å². The zero-order valence-corrected chi connectivity index (χ0v) is 28.4. The van der Waals surface area contributed by atoms with Crippen molar-refractivity contribution in [3.63, 3.8) is 0 Å². The number of quaternary nitrogens is 3. The molecule has 0 aliphatic carbocycles. The predicted octanol–water partition coefficient (Wildman–Crippen LogP) is 10.5. The van der Waals surface area contributed by atoms with E-state index in [1.165, 1.54) is 111 Å². The second-order valence-corrected chi connectivity index (χ2v) is 15.2. The van der Waals surface area contributed by atoms with E-state index in [9.17, 15) is 0 Å². The lowest BCUT2D eigenvalue weighted by atomic mass is 9.97. The normalized spacial score (nSPS) is 21.2. The Hall–Kier alpha value is -0.120. The van der Waals surface area contributed by atoms with Gasteiger partial charge in [-0.1, -0.05) is 22.3 Å². The predicted molar refractivity (Wildman–Crippen MR) is 188 cm³/mol. The molecular weight excluding hydrogens is 474 g/mol. The Labute approximate surface area is 254 Å². The Kier molecular flexibility index (Phi) is 26.3. The lowest BCUT2D eigenvalue weighted by molar-refractivity contribution is -0.957. The zero-order chi connectivity index (χ0) is 25.6. The SMILES string of the molecule is C.C.C.CC(C)(C)[N+]1(C)CCCC1.CC(C)(C)[N+]1(C)CCCCC1.CC(C)(C)[N+]1(C)CCCCCC1.[CH3-].[CH3-].[CH3-]. The van der Waals surface area contributed by atoms with Gasteiger partial charge in [0.25, 0.3) is 0 Å². The van der Waals surface area contributed by atoms with Gasteiger partial charge in [0.05, 0.1) is 77.0 Å². The first-order valence-corrected chi connectivity index (χ1v) is 14.4. The fraction of sp³-hybridized carbons (Fsp3) is 0.917. The molecule has 0 aromatic heterocycles. The summed E-state index contributed by atoms with van der Waals surface area (Å²) in [6.07, 6.45) is 12.9. The van der Waals surface area contributed by atoms with Crippen LogP contribution >= 0.6 is 0 Å². The summed E-state index contributed by atoms with van der Waals surface area (Å²) in [5, 5.41) is 0. The number of piperidine rings is 1. The van der Waals surface area contributed by atoms with Crippen molar-refractivity contribution in [1.29, 1.82) is 0 Å². The fourth-order valence-corrected chi connectivity index (χ4v) is 5.64. The van der Waals surface area contributed by atoms with Crippen molar-refractivity contribution in [2.75, 3.05) is 60.4 Å². The molecule has 0 radical (unpaired) electrons. The molecule has 39 heavy (non-hydrogen) atoms. The van der Waals surface area contributed by atoms with E-state index in [2.05, 4.69) is 83.5 Å². The van der Waals surface area contributed by atoms with Crippen LogP contribution in [0, 0.1) is 22.3 Å². The summed E-state index contributed by atoms with van der Waals surface area (Å²) >= 11 is 0. The second-order valence-electron chi connectivity index (χ2n) is 15.2. The molecule has 0 saturated carbocycles. The van der Waals surface area contributed by atoms with Gasteiger partial charge in [0.15, 0.2) is 0 Å². The van der Waals surface area contributed by atoms with Gasteiger partial charge in [-0.3, -0.25) is 0 Å². The molecule has 0 aromatic carbocycles. The van der Waals surface area contributed by atoms with Crippen LogP contribution in [-0.4, -0.2) is 90.5 Å². The quantitative estimate of drug-likeness (QED) is 0.204. The number of likely N-dealkylation sites (tertiary alicyclic amines) is 3. The van der Waals surface area contributed by atoms with Crippen molar-refractivity contribution in [3.05, 3.63) is 22.3 Å². The Morgan fingerprint density at radius 1 is 0.308 bits per heavy atom. The van der Waals surface area contributed by atoms with E-state index < -0.39 is 0 Å². The van der Waals surface area contributed by atoms with E-state index in [0.717, 1.165) is 0 Å². The van der Waals surface area contributed by atoms with E-state index in [1.54, 1.807) is 0 Å². The Morgan fingerprint density at radius 2 is 0.436 bits per heavy atom. The molecule has 3 rings (SSSR count). The molecule has 3 saturated heterocycles. The summed E-state index contributed by atoms with van der Waals surface area (Å²) < 4.78 is 3.81. The molecule has 0 N–H and O–H groups in total. The summed E-state index contributed by atoms with van der Waals surface area (Å²) in [4.78, 5) is 0. The van der Waals surface area contributed by atoms with Crippen LogP contribution in [0.5, 0.6) is 0 Å². The van der Waals surface area contributed by atoms with Gasteiger partial charge in [0.1, 0.15) is 0 Å². The molecule has 0 bridgehead atoms. The Morgan fingerprint density at radius 3 is 0.590 bits per heavy atom.